The van der Waals surface area contributed by atoms with E-state index in [1.165, 1.54) is 0 Å². The van der Waals surface area contributed by atoms with Crippen LogP contribution in [-0.4, -0.2) is 41.8 Å². The van der Waals surface area contributed by atoms with Crippen LogP contribution >= 0.6 is 24.0 Å². The van der Waals surface area contributed by atoms with E-state index in [-0.39, 0.29) is 24.0 Å². The summed E-state index contributed by atoms with van der Waals surface area (Å²) in [5.74, 6) is 3.67. The Morgan fingerprint density at radius 3 is 2.46 bits per heavy atom. The Morgan fingerprint density at radius 1 is 1.19 bits per heavy atom. The Kier molecular flexibility index (Phi) is 10.0. The van der Waals surface area contributed by atoms with E-state index in [0.29, 0.717) is 18.3 Å². The van der Waals surface area contributed by atoms with Crippen LogP contribution in [0.4, 0.5) is 0 Å². The first-order valence-corrected chi connectivity index (χ1v) is 8.70. The summed E-state index contributed by atoms with van der Waals surface area (Å²) in [6, 6.07) is 7.67. The molecule has 2 rings (SSSR count). The second-order valence-corrected chi connectivity index (χ2v) is 5.82. The number of nitrogens with zero attached hydrogens (tertiary/aromatic N) is 3. The SMILES string of the molecule is CCC(CC)CNC(=NC)NCc1nc(-c2ccc(OC)cc2)n[nH]1.I. The summed E-state index contributed by atoms with van der Waals surface area (Å²) < 4.78 is 5.16. The standard InChI is InChI=1S/C18H28N6O.HI/c1-5-13(6-2)11-20-18(19-3)21-12-16-22-17(24-23-16)14-7-9-15(25-4)10-8-14;/h7-10,13H,5-6,11-12H2,1-4H3,(H2,19,20,21)(H,22,23,24);1H. The molecule has 0 spiro atoms. The molecule has 0 radical (unpaired) electrons. The molecule has 0 amide bonds. The van der Waals surface area contributed by atoms with Crippen molar-refractivity contribution in [3.8, 4) is 17.1 Å². The molecule has 0 fully saturated rings. The molecular formula is C18H29IN6O. The molecule has 7 nitrogen and oxygen atoms in total. The number of aliphatic imine (C=N–C) groups is 1. The van der Waals surface area contributed by atoms with E-state index in [0.717, 1.165) is 42.5 Å². The number of benzene rings is 1. The lowest BCUT2D eigenvalue weighted by Crippen LogP contribution is -2.39. The van der Waals surface area contributed by atoms with Crippen molar-refractivity contribution in [2.75, 3.05) is 20.7 Å². The lowest BCUT2D eigenvalue weighted by molar-refractivity contribution is 0.415. The third-order valence-corrected chi connectivity index (χ3v) is 4.24. The van der Waals surface area contributed by atoms with E-state index in [9.17, 15) is 0 Å². The Bertz CT molecular complexity index is 667. The molecule has 0 aliphatic heterocycles. The zero-order chi connectivity index (χ0) is 18.1. The minimum Gasteiger partial charge on any atom is -0.497 e. The fraction of sp³-hybridized carbons (Fsp3) is 0.500. The van der Waals surface area contributed by atoms with Crippen LogP contribution in [0.15, 0.2) is 29.3 Å². The summed E-state index contributed by atoms with van der Waals surface area (Å²) in [6.45, 7) is 5.87. The second kappa shape index (κ2) is 11.7. The molecule has 8 heteroatoms. The normalized spacial score (nSPS) is 11.2. The number of aromatic nitrogens is 3. The predicted molar refractivity (Wildman–Crippen MR) is 116 cm³/mol. The maximum Gasteiger partial charge on any atom is 0.191 e. The van der Waals surface area contributed by atoms with Crippen LogP contribution in [0.1, 0.15) is 32.5 Å². The summed E-state index contributed by atoms with van der Waals surface area (Å²) in [7, 11) is 3.42. The van der Waals surface area contributed by atoms with E-state index in [4.69, 9.17) is 4.74 Å². The van der Waals surface area contributed by atoms with Gasteiger partial charge in [0.2, 0.25) is 0 Å². The molecule has 144 valence electrons. The minimum absolute atomic E-state index is 0. The van der Waals surface area contributed by atoms with Crippen LogP contribution in [0.5, 0.6) is 5.75 Å². The molecular weight excluding hydrogens is 443 g/mol. The summed E-state index contributed by atoms with van der Waals surface area (Å²) in [6.07, 6.45) is 2.32. The number of guanidine groups is 1. The maximum absolute atomic E-state index is 5.16. The van der Waals surface area contributed by atoms with Crippen molar-refractivity contribution in [2.45, 2.75) is 33.2 Å². The van der Waals surface area contributed by atoms with Crippen molar-refractivity contribution in [3.05, 3.63) is 30.1 Å². The average molecular weight is 472 g/mol. The highest BCUT2D eigenvalue weighted by atomic mass is 127. The van der Waals surface area contributed by atoms with Gasteiger partial charge < -0.3 is 15.4 Å². The monoisotopic (exact) mass is 472 g/mol. The first kappa shape index (κ1) is 22.2. The molecule has 1 aromatic heterocycles. The number of rotatable bonds is 8. The summed E-state index contributed by atoms with van der Waals surface area (Å²) in [5, 5.41) is 13.8. The zero-order valence-electron chi connectivity index (χ0n) is 15.9. The molecule has 0 aliphatic rings. The highest BCUT2D eigenvalue weighted by molar-refractivity contribution is 14.0. The Morgan fingerprint density at radius 2 is 1.88 bits per heavy atom. The van der Waals surface area contributed by atoms with Gasteiger partial charge in [0.1, 0.15) is 11.6 Å². The third-order valence-electron chi connectivity index (χ3n) is 4.24. The van der Waals surface area contributed by atoms with E-state index >= 15 is 0 Å². The molecule has 0 atom stereocenters. The smallest absolute Gasteiger partial charge is 0.191 e. The minimum atomic E-state index is 0. The van der Waals surface area contributed by atoms with Crippen molar-refractivity contribution in [1.82, 2.24) is 25.8 Å². The van der Waals surface area contributed by atoms with E-state index in [2.05, 4.69) is 44.7 Å². The lowest BCUT2D eigenvalue weighted by atomic mass is 10.0. The molecule has 0 unspecified atom stereocenters. The molecule has 0 aliphatic carbocycles. The fourth-order valence-corrected chi connectivity index (χ4v) is 2.45. The number of H-pyrrole nitrogens is 1. The van der Waals surface area contributed by atoms with E-state index in [1.54, 1.807) is 14.2 Å². The van der Waals surface area contributed by atoms with Crippen LogP contribution in [-0.2, 0) is 6.54 Å². The van der Waals surface area contributed by atoms with Gasteiger partial charge in [-0.1, -0.05) is 26.7 Å². The number of halogens is 1. The summed E-state index contributed by atoms with van der Waals surface area (Å²) >= 11 is 0. The predicted octanol–water partition coefficient (Wildman–Crippen LogP) is 3.20. The Balaban J connectivity index is 0.00000338. The molecule has 0 saturated heterocycles. The van der Waals surface area contributed by atoms with Crippen LogP contribution in [0, 0.1) is 5.92 Å². The topological polar surface area (TPSA) is 87.2 Å². The van der Waals surface area contributed by atoms with Gasteiger partial charge in [0.05, 0.1) is 13.7 Å². The highest BCUT2D eigenvalue weighted by Gasteiger charge is 2.08. The Hall–Kier alpha value is -1.84. The second-order valence-electron chi connectivity index (χ2n) is 5.82. The highest BCUT2D eigenvalue weighted by Crippen LogP contribution is 2.18. The summed E-state index contributed by atoms with van der Waals surface area (Å²) in [4.78, 5) is 8.76. The van der Waals surface area contributed by atoms with Crippen molar-refractivity contribution >= 4 is 29.9 Å². The number of nitrogens with one attached hydrogen (secondary N) is 3. The van der Waals surface area contributed by atoms with Gasteiger partial charge in [-0.25, -0.2) is 4.98 Å². The van der Waals surface area contributed by atoms with Crippen molar-refractivity contribution in [3.63, 3.8) is 0 Å². The Labute approximate surface area is 172 Å². The van der Waals surface area contributed by atoms with Crippen molar-refractivity contribution in [1.29, 1.82) is 0 Å². The lowest BCUT2D eigenvalue weighted by Gasteiger charge is -2.16. The van der Waals surface area contributed by atoms with Gasteiger partial charge >= 0.3 is 0 Å². The number of hydrogen-bond acceptors (Lipinski definition) is 4. The fourth-order valence-electron chi connectivity index (χ4n) is 2.45. The molecule has 26 heavy (non-hydrogen) atoms. The van der Waals surface area contributed by atoms with Crippen LogP contribution in [0.25, 0.3) is 11.4 Å². The first-order chi connectivity index (χ1) is 12.2. The van der Waals surface area contributed by atoms with E-state index < -0.39 is 0 Å². The van der Waals surface area contributed by atoms with Crippen LogP contribution < -0.4 is 15.4 Å². The third kappa shape index (κ3) is 6.47. The average Bonchev–Trinajstić information content (AvgIpc) is 3.14. The van der Waals surface area contributed by atoms with Gasteiger partial charge in [-0.2, -0.15) is 5.10 Å². The van der Waals surface area contributed by atoms with Gasteiger partial charge in [-0.05, 0) is 30.2 Å². The van der Waals surface area contributed by atoms with Gasteiger partial charge in [0.25, 0.3) is 0 Å². The van der Waals surface area contributed by atoms with Gasteiger partial charge in [-0.15, -0.1) is 24.0 Å². The molecule has 2 aromatic rings. The number of methoxy groups -OCH3 is 1. The number of ether oxygens (including phenoxy) is 1. The quantitative estimate of drug-likeness (QED) is 0.312. The molecule has 1 aromatic carbocycles. The van der Waals surface area contributed by atoms with Gasteiger partial charge in [0, 0.05) is 19.2 Å². The molecule has 0 saturated carbocycles. The van der Waals surface area contributed by atoms with Gasteiger partial charge in [0.15, 0.2) is 11.8 Å². The number of aromatic amines is 1. The van der Waals surface area contributed by atoms with Crippen molar-refractivity contribution in [2.24, 2.45) is 10.9 Å². The number of hydrogen-bond donors (Lipinski definition) is 3. The maximum atomic E-state index is 5.16. The van der Waals surface area contributed by atoms with Gasteiger partial charge in [-0.3, -0.25) is 10.1 Å². The van der Waals surface area contributed by atoms with E-state index in [1.807, 2.05) is 24.3 Å². The largest absolute Gasteiger partial charge is 0.497 e. The van der Waals surface area contributed by atoms with Crippen molar-refractivity contribution < 1.29 is 4.74 Å². The molecule has 1 heterocycles. The zero-order valence-corrected chi connectivity index (χ0v) is 18.2. The molecule has 3 N–H and O–H groups in total. The van der Waals surface area contributed by atoms with Crippen LogP contribution in [0.2, 0.25) is 0 Å². The molecule has 0 bridgehead atoms. The van der Waals surface area contributed by atoms with Crippen LogP contribution in [0.3, 0.4) is 0 Å². The first-order valence-electron chi connectivity index (χ1n) is 8.70. The summed E-state index contributed by atoms with van der Waals surface area (Å²) in [5.41, 5.74) is 0.944.